The molecule has 0 radical (unpaired) electrons. The first-order chi connectivity index (χ1) is 12.3. The summed E-state index contributed by atoms with van der Waals surface area (Å²) in [7, 11) is -3.72. The van der Waals surface area contributed by atoms with Gasteiger partial charge in [-0.15, -0.1) is 0 Å². The molecule has 0 aromatic heterocycles. The number of amides is 1. The van der Waals surface area contributed by atoms with Crippen LogP contribution < -0.4 is 5.32 Å². The van der Waals surface area contributed by atoms with E-state index in [9.17, 15) is 22.0 Å². The molecular formula is C17H15ClF2N2O3S. The third kappa shape index (κ3) is 3.87. The second-order valence-corrected chi connectivity index (χ2v) is 8.21. The van der Waals surface area contributed by atoms with Crippen LogP contribution in [0.1, 0.15) is 23.2 Å². The predicted octanol–water partition coefficient (Wildman–Crippen LogP) is 3.66. The molecule has 9 heteroatoms. The average Bonchev–Trinajstić information content (AvgIpc) is 3.09. The standard InChI is InChI=1S/C17H15ClF2N2O3S/c18-16-4-3-14(26(24,25)22-5-1-2-6-22)10-15(16)17(23)21-13-8-11(19)7-12(20)9-13/h3-4,7-10H,1-2,5-6H2,(H,21,23). The van der Waals surface area contributed by atoms with Gasteiger partial charge in [-0.05, 0) is 43.2 Å². The van der Waals surface area contributed by atoms with Crippen molar-refractivity contribution in [2.75, 3.05) is 18.4 Å². The molecule has 5 nitrogen and oxygen atoms in total. The first kappa shape index (κ1) is 18.8. The molecule has 1 aliphatic heterocycles. The van der Waals surface area contributed by atoms with E-state index in [1.54, 1.807) is 0 Å². The van der Waals surface area contributed by atoms with Crippen molar-refractivity contribution >= 4 is 33.2 Å². The lowest BCUT2D eigenvalue weighted by molar-refractivity contribution is 0.102. The van der Waals surface area contributed by atoms with E-state index in [2.05, 4.69) is 5.32 Å². The maximum Gasteiger partial charge on any atom is 0.257 e. The Bertz CT molecular complexity index is 940. The van der Waals surface area contributed by atoms with Crippen LogP contribution in [0.25, 0.3) is 0 Å². The maximum atomic E-state index is 13.3. The molecule has 1 saturated heterocycles. The number of halogens is 3. The molecule has 0 aliphatic carbocycles. The quantitative estimate of drug-likeness (QED) is 0.851. The molecule has 1 N–H and O–H groups in total. The van der Waals surface area contributed by atoms with Crippen molar-refractivity contribution in [3.05, 3.63) is 58.6 Å². The number of nitrogens with one attached hydrogen (secondary N) is 1. The molecule has 138 valence electrons. The topological polar surface area (TPSA) is 66.5 Å². The summed E-state index contributed by atoms with van der Waals surface area (Å²) < 4.78 is 53.1. The van der Waals surface area contributed by atoms with Gasteiger partial charge in [0.15, 0.2) is 0 Å². The monoisotopic (exact) mass is 400 g/mol. The molecular weight excluding hydrogens is 386 g/mol. The molecule has 2 aromatic rings. The molecule has 1 fully saturated rings. The van der Waals surface area contributed by atoms with Crippen LogP contribution >= 0.6 is 11.6 Å². The van der Waals surface area contributed by atoms with Crippen molar-refractivity contribution in [2.24, 2.45) is 0 Å². The predicted molar refractivity (Wildman–Crippen MR) is 93.8 cm³/mol. The van der Waals surface area contributed by atoms with Gasteiger partial charge in [0.25, 0.3) is 5.91 Å². The van der Waals surface area contributed by atoms with Crippen LogP contribution in [0.5, 0.6) is 0 Å². The number of nitrogens with zero attached hydrogens (tertiary/aromatic N) is 1. The van der Waals surface area contributed by atoms with Crippen molar-refractivity contribution in [2.45, 2.75) is 17.7 Å². The van der Waals surface area contributed by atoms with Crippen molar-refractivity contribution in [3.8, 4) is 0 Å². The molecule has 0 unspecified atom stereocenters. The van der Waals surface area contributed by atoms with Crippen LogP contribution in [0.3, 0.4) is 0 Å². The molecule has 2 aromatic carbocycles. The SMILES string of the molecule is O=C(Nc1cc(F)cc(F)c1)c1cc(S(=O)(=O)N2CCCC2)ccc1Cl. The van der Waals surface area contributed by atoms with Gasteiger partial charge in [-0.2, -0.15) is 4.31 Å². The normalized spacial score (nSPS) is 15.2. The maximum absolute atomic E-state index is 13.3. The molecule has 0 atom stereocenters. The van der Waals surface area contributed by atoms with Gasteiger partial charge in [0.05, 0.1) is 15.5 Å². The summed E-state index contributed by atoms with van der Waals surface area (Å²) >= 11 is 6.01. The summed E-state index contributed by atoms with van der Waals surface area (Å²) in [5.74, 6) is -2.47. The second-order valence-electron chi connectivity index (χ2n) is 5.87. The Labute approximate surface area is 154 Å². The van der Waals surface area contributed by atoms with Crippen LogP contribution in [0.15, 0.2) is 41.3 Å². The van der Waals surface area contributed by atoms with Gasteiger partial charge >= 0.3 is 0 Å². The van der Waals surface area contributed by atoms with E-state index in [4.69, 9.17) is 11.6 Å². The summed E-state index contributed by atoms with van der Waals surface area (Å²) in [5.41, 5.74) is -0.201. The zero-order valence-electron chi connectivity index (χ0n) is 13.5. The average molecular weight is 401 g/mol. The van der Waals surface area contributed by atoms with Crippen molar-refractivity contribution in [1.29, 1.82) is 0 Å². The number of sulfonamides is 1. The Morgan fingerprint density at radius 3 is 2.27 bits per heavy atom. The number of hydrogen-bond acceptors (Lipinski definition) is 3. The van der Waals surface area contributed by atoms with E-state index in [1.807, 2.05) is 0 Å². The summed E-state index contributed by atoms with van der Waals surface area (Å²) in [5, 5.41) is 2.34. The molecule has 0 bridgehead atoms. The minimum atomic E-state index is -3.72. The Morgan fingerprint density at radius 2 is 1.65 bits per heavy atom. The fourth-order valence-electron chi connectivity index (χ4n) is 2.74. The largest absolute Gasteiger partial charge is 0.322 e. The highest BCUT2D eigenvalue weighted by Crippen LogP contribution is 2.26. The Morgan fingerprint density at radius 1 is 1.04 bits per heavy atom. The van der Waals surface area contributed by atoms with Crippen LogP contribution in [0.4, 0.5) is 14.5 Å². The van der Waals surface area contributed by atoms with E-state index in [0.29, 0.717) is 19.2 Å². The number of hydrogen-bond donors (Lipinski definition) is 1. The van der Waals surface area contributed by atoms with Crippen LogP contribution in [-0.4, -0.2) is 31.7 Å². The highest BCUT2D eigenvalue weighted by molar-refractivity contribution is 7.89. The van der Waals surface area contributed by atoms with Gasteiger partial charge in [0.2, 0.25) is 10.0 Å². The minimum Gasteiger partial charge on any atom is -0.322 e. The van der Waals surface area contributed by atoms with E-state index in [0.717, 1.165) is 25.0 Å². The summed E-state index contributed by atoms with van der Waals surface area (Å²) in [6, 6.07) is 6.37. The molecule has 26 heavy (non-hydrogen) atoms. The highest BCUT2D eigenvalue weighted by atomic mass is 35.5. The number of rotatable bonds is 4. The zero-order valence-corrected chi connectivity index (χ0v) is 15.1. The lowest BCUT2D eigenvalue weighted by Gasteiger charge is -2.16. The number of carbonyl (C=O) groups is 1. The van der Waals surface area contributed by atoms with Gasteiger partial charge in [-0.1, -0.05) is 11.6 Å². The highest BCUT2D eigenvalue weighted by Gasteiger charge is 2.28. The molecule has 0 spiro atoms. The first-order valence-electron chi connectivity index (χ1n) is 7.84. The number of carbonyl (C=O) groups excluding carboxylic acids is 1. The lowest BCUT2D eigenvalue weighted by atomic mass is 10.2. The van der Waals surface area contributed by atoms with Crippen molar-refractivity contribution in [1.82, 2.24) is 4.31 Å². The summed E-state index contributed by atoms with van der Waals surface area (Å²) in [4.78, 5) is 12.4. The van der Waals surface area contributed by atoms with Crippen LogP contribution in [0, 0.1) is 11.6 Å². The molecule has 1 aliphatic rings. The molecule has 0 saturated carbocycles. The Balaban J connectivity index is 1.91. The Hall–Kier alpha value is -2.03. The van der Waals surface area contributed by atoms with Gasteiger partial charge < -0.3 is 5.32 Å². The molecule has 1 heterocycles. The van der Waals surface area contributed by atoms with E-state index in [1.165, 1.54) is 22.5 Å². The minimum absolute atomic E-state index is 0.0275. The van der Waals surface area contributed by atoms with Crippen molar-refractivity contribution in [3.63, 3.8) is 0 Å². The van der Waals surface area contributed by atoms with E-state index in [-0.39, 0.29) is 21.2 Å². The fraction of sp³-hybridized carbons (Fsp3) is 0.235. The van der Waals surface area contributed by atoms with Crippen LogP contribution in [-0.2, 0) is 10.0 Å². The Kier molecular flexibility index (Phi) is 5.27. The molecule has 1 amide bonds. The number of benzene rings is 2. The third-order valence-electron chi connectivity index (χ3n) is 4.01. The molecule has 3 rings (SSSR count). The van der Waals surface area contributed by atoms with Gasteiger partial charge in [0, 0.05) is 24.8 Å². The smallest absolute Gasteiger partial charge is 0.257 e. The van der Waals surface area contributed by atoms with Crippen molar-refractivity contribution < 1.29 is 22.0 Å². The third-order valence-corrected chi connectivity index (χ3v) is 6.23. The van der Waals surface area contributed by atoms with Gasteiger partial charge in [-0.25, -0.2) is 17.2 Å². The van der Waals surface area contributed by atoms with Gasteiger partial charge in [0.1, 0.15) is 11.6 Å². The van der Waals surface area contributed by atoms with E-state index < -0.39 is 27.6 Å². The second kappa shape index (κ2) is 7.30. The fourth-order valence-corrected chi connectivity index (χ4v) is 4.49. The lowest BCUT2D eigenvalue weighted by Crippen LogP contribution is -2.28. The zero-order chi connectivity index (χ0) is 18.9. The van der Waals surface area contributed by atoms with Crippen LogP contribution in [0.2, 0.25) is 5.02 Å². The van der Waals surface area contributed by atoms with E-state index >= 15 is 0 Å². The summed E-state index contributed by atoms with van der Waals surface area (Å²) in [6.07, 6.45) is 1.57. The van der Waals surface area contributed by atoms with Gasteiger partial charge in [-0.3, -0.25) is 4.79 Å². The first-order valence-corrected chi connectivity index (χ1v) is 9.66. The summed E-state index contributed by atoms with van der Waals surface area (Å²) in [6.45, 7) is 0.851. The number of anilines is 1.